The Morgan fingerprint density at radius 2 is 2.08 bits per heavy atom. The summed E-state index contributed by atoms with van der Waals surface area (Å²) < 4.78 is 11.2. The van der Waals surface area contributed by atoms with Crippen molar-refractivity contribution in [2.75, 3.05) is 19.8 Å². The van der Waals surface area contributed by atoms with E-state index < -0.39 is 0 Å². The first-order chi connectivity index (χ1) is 12.2. The average molecular weight is 342 g/mol. The number of aliphatic hydroxyl groups is 1. The molecule has 2 aliphatic rings. The van der Waals surface area contributed by atoms with Crippen molar-refractivity contribution in [1.82, 2.24) is 10.1 Å². The fourth-order valence-corrected chi connectivity index (χ4v) is 4.10. The molecule has 0 aliphatic carbocycles. The van der Waals surface area contributed by atoms with Gasteiger partial charge in [0.25, 0.3) is 0 Å². The van der Waals surface area contributed by atoms with Crippen LogP contribution in [0.4, 0.5) is 0 Å². The van der Waals surface area contributed by atoms with Crippen molar-refractivity contribution < 1.29 is 14.4 Å². The van der Waals surface area contributed by atoms with Gasteiger partial charge in [-0.2, -0.15) is 0 Å². The Morgan fingerprint density at radius 3 is 2.88 bits per heavy atom. The molecule has 25 heavy (non-hydrogen) atoms. The SMILES string of the molecule is Cc1ccc(-c2cc(CN3CCC[C@@H]3[C@@H]3COCC[C@H]3O)on2)cc1. The first-order valence-electron chi connectivity index (χ1n) is 9.23. The molecule has 1 N–H and O–H groups in total. The summed E-state index contributed by atoms with van der Waals surface area (Å²) in [6.07, 6.45) is 2.77. The zero-order valence-electron chi connectivity index (χ0n) is 14.7. The molecule has 4 rings (SSSR count). The van der Waals surface area contributed by atoms with E-state index in [4.69, 9.17) is 9.26 Å². The normalized spacial score (nSPS) is 27.7. The van der Waals surface area contributed by atoms with Crippen molar-refractivity contribution in [3.8, 4) is 11.3 Å². The molecule has 0 saturated carbocycles. The van der Waals surface area contributed by atoms with Crippen LogP contribution in [0, 0.1) is 12.8 Å². The molecular weight excluding hydrogens is 316 g/mol. The Labute approximate surface area is 148 Å². The van der Waals surface area contributed by atoms with Crippen molar-refractivity contribution >= 4 is 0 Å². The summed E-state index contributed by atoms with van der Waals surface area (Å²) in [5.41, 5.74) is 3.20. The molecule has 2 fully saturated rings. The van der Waals surface area contributed by atoms with Gasteiger partial charge in [-0.3, -0.25) is 4.90 Å². The molecule has 3 atom stereocenters. The molecule has 1 aromatic carbocycles. The van der Waals surface area contributed by atoms with Gasteiger partial charge >= 0.3 is 0 Å². The highest BCUT2D eigenvalue weighted by atomic mass is 16.5. The minimum absolute atomic E-state index is 0.204. The average Bonchev–Trinajstić information content (AvgIpc) is 3.26. The highest BCUT2D eigenvalue weighted by Crippen LogP contribution is 2.31. The summed E-state index contributed by atoms with van der Waals surface area (Å²) in [4.78, 5) is 2.42. The van der Waals surface area contributed by atoms with E-state index in [1.54, 1.807) is 0 Å². The second-order valence-electron chi connectivity index (χ2n) is 7.32. The number of aromatic nitrogens is 1. The van der Waals surface area contributed by atoms with Crippen LogP contribution in [0.2, 0.25) is 0 Å². The number of ether oxygens (including phenoxy) is 1. The fourth-order valence-electron chi connectivity index (χ4n) is 4.10. The molecule has 5 nitrogen and oxygen atoms in total. The van der Waals surface area contributed by atoms with Gasteiger partial charge in [0, 0.05) is 30.2 Å². The zero-order chi connectivity index (χ0) is 17.2. The summed E-state index contributed by atoms with van der Waals surface area (Å²) in [7, 11) is 0. The van der Waals surface area contributed by atoms with Crippen LogP contribution in [0.25, 0.3) is 11.3 Å². The molecule has 0 bridgehead atoms. The van der Waals surface area contributed by atoms with Gasteiger partial charge in [0.2, 0.25) is 0 Å². The largest absolute Gasteiger partial charge is 0.393 e. The number of benzene rings is 1. The van der Waals surface area contributed by atoms with Crippen molar-refractivity contribution in [1.29, 1.82) is 0 Å². The van der Waals surface area contributed by atoms with E-state index in [1.807, 2.05) is 6.07 Å². The quantitative estimate of drug-likeness (QED) is 0.925. The molecule has 0 spiro atoms. The molecule has 2 aliphatic heterocycles. The summed E-state index contributed by atoms with van der Waals surface area (Å²) >= 11 is 0. The minimum atomic E-state index is -0.253. The highest BCUT2D eigenvalue weighted by molar-refractivity contribution is 5.59. The van der Waals surface area contributed by atoms with Crippen LogP contribution in [-0.2, 0) is 11.3 Å². The van der Waals surface area contributed by atoms with E-state index in [2.05, 4.69) is 41.2 Å². The molecule has 0 radical (unpaired) electrons. The van der Waals surface area contributed by atoms with E-state index in [9.17, 15) is 5.11 Å². The van der Waals surface area contributed by atoms with Crippen LogP contribution in [0.3, 0.4) is 0 Å². The van der Waals surface area contributed by atoms with E-state index in [0.29, 0.717) is 19.3 Å². The third-order valence-corrected chi connectivity index (χ3v) is 5.54. The van der Waals surface area contributed by atoms with Gasteiger partial charge in [0.1, 0.15) is 5.69 Å². The second kappa shape index (κ2) is 7.28. The topological polar surface area (TPSA) is 58.7 Å². The van der Waals surface area contributed by atoms with E-state index in [-0.39, 0.29) is 12.0 Å². The van der Waals surface area contributed by atoms with Crippen molar-refractivity contribution in [2.24, 2.45) is 5.92 Å². The van der Waals surface area contributed by atoms with E-state index >= 15 is 0 Å². The van der Waals surface area contributed by atoms with Gasteiger partial charge in [-0.25, -0.2) is 0 Å². The minimum Gasteiger partial charge on any atom is -0.393 e. The van der Waals surface area contributed by atoms with Crippen LogP contribution in [0.1, 0.15) is 30.6 Å². The van der Waals surface area contributed by atoms with Crippen LogP contribution in [0.15, 0.2) is 34.9 Å². The molecule has 1 aromatic heterocycles. The van der Waals surface area contributed by atoms with Gasteiger partial charge in [-0.05, 0) is 32.7 Å². The van der Waals surface area contributed by atoms with Crippen molar-refractivity contribution in [3.63, 3.8) is 0 Å². The molecule has 3 heterocycles. The predicted molar refractivity (Wildman–Crippen MR) is 95.0 cm³/mol. The lowest BCUT2D eigenvalue weighted by Gasteiger charge is -2.36. The zero-order valence-corrected chi connectivity index (χ0v) is 14.7. The van der Waals surface area contributed by atoms with Gasteiger partial charge in [0.05, 0.1) is 19.3 Å². The van der Waals surface area contributed by atoms with E-state index in [1.165, 1.54) is 5.56 Å². The summed E-state index contributed by atoms with van der Waals surface area (Å²) in [6, 6.07) is 10.7. The first-order valence-corrected chi connectivity index (χ1v) is 9.23. The molecule has 134 valence electrons. The van der Waals surface area contributed by atoms with E-state index in [0.717, 1.165) is 49.4 Å². The number of nitrogens with zero attached hydrogens (tertiary/aromatic N) is 2. The van der Waals surface area contributed by atoms with Crippen LogP contribution in [0.5, 0.6) is 0 Å². The summed E-state index contributed by atoms with van der Waals surface area (Å²) in [6.45, 7) is 5.19. The number of aliphatic hydroxyl groups excluding tert-OH is 1. The number of hydrogen-bond acceptors (Lipinski definition) is 5. The third-order valence-electron chi connectivity index (χ3n) is 5.54. The maximum absolute atomic E-state index is 10.3. The predicted octanol–water partition coefficient (Wildman–Crippen LogP) is 3.01. The second-order valence-corrected chi connectivity index (χ2v) is 7.32. The molecule has 2 saturated heterocycles. The molecule has 2 aromatic rings. The summed E-state index contributed by atoms with van der Waals surface area (Å²) in [5, 5.41) is 14.6. The van der Waals surface area contributed by atoms with Crippen molar-refractivity contribution in [3.05, 3.63) is 41.7 Å². The van der Waals surface area contributed by atoms with Crippen LogP contribution >= 0.6 is 0 Å². The number of aryl methyl sites for hydroxylation is 1. The first kappa shape index (κ1) is 16.8. The van der Waals surface area contributed by atoms with Crippen molar-refractivity contribution in [2.45, 2.75) is 44.9 Å². The van der Waals surface area contributed by atoms with Crippen LogP contribution < -0.4 is 0 Å². The summed E-state index contributed by atoms with van der Waals surface area (Å²) in [5.74, 6) is 1.09. The standard InChI is InChI=1S/C20H26N2O3/c1-14-4-6-15(7-5-14)18-11-16(25-21-18)12-22-9-2-3-19(22)17-13-24-10-8-20(17)23/h4-7,11,17,19-20,23H,2-3,8-10,12-13H2,1H3/t17-,19+,20+/m0/s1. The lowest BCUT2D eigenvalue weighted by Crippen LogP contribution is -2.45. The highest BCUT2D eigenvalue weighted by Gasteiger charge is 2.37. The number of rotatable bonds is 4. The molecule has 5 heteroatoms. The Kier molecular flexibility index (Phi) is 4.88. The lowest BCUT2D eigenvalue weighted by molar-refractivity contribution is -0.0642. The van der Waals surface area contributed by atoms with Gasteiger partial charge in [0.15, 0.2) is 5.76 Å². The Bertz CT molecular complexity index is 697. The third kappa shape index (κ3) is 3.64. The lowest BCUT2D eigenvalue weighted by atomic mass is 9.89. The number of likely N-dealkylation sites (tertiary alicyclic amines) is 1. The maximum Gasteiger partial charge on any atom is 0.151 e. The van der Waals surface area contributed by atoms with Gasteiger partial charge in [-0.1, -0.05) is 35.0 Å². The van der Waals surface area contributed by atoms with Crippen LogP contribution in [-0.4, -0.2) is 47.1 Å². The van der Waals surface area contributed by atoms with Gasteiger partial charge in [-0.15, -0.1) is 0 Å². The monoisotopic (exact) mass is 342 g/mol. The smallest absolute Gasteiger partial charge is 0.151 e. The Morgan fingerprint density at radius 1 is 1.24 bits per heavy atom. The molecular formula is C20H26N2O3. The number of hydrogen-bond donors (Lipinski definition) is 1. The van der Waals surface area contributed by atoms with Gasteiger partial charge < -0.3 is 14.4 Å². The molecule has 0 unspecified atom stereocenters. The Balaban J connectivity index is 1.45. The Hall–Kier alpha value is -1.69. The maximum atomic E-state index is 10.3. The molecule has 0 amide bonds. The fraction of sp³-hybridized carbons (Fsp3) is 0.550.